The van der Waals surface area contributed by atoms with Crippen LogP contribution in [0.5, 0.6) is 11.5 Å². The van der Waals surface area contributed by atoms with Crippen molar-refractivity contribution >= 4 is 23.7 Å². The van der Waals surface area contributed by atoms with Gasteiger partial charge < -0.3 is 9.47 Å². The molecule has 0 spiro atoms. The largest absolute Gasteiger partial charge is 0.497 e. The lowest BCUT2D eigenvalue weighted by Gasteiger charge is -2.20. The van der Waals surface area contributed by atoms with Crippen molar-refractivity contribution in [2.24, 2.45) is 5.10 Å². The first-order chi connectivity index (χ1) is 16.0. The van der Waals surface area contributed by atoms with Gasteiger partial charge in [-0.2, -0.15) is 5.10 Å². The van der Waals surface area contributed by atoms with Crippen molar-refractivity contribution in [1.29, 1.82) is 0 Å². The van der Waals surface area contributed by atoms with Crippen LogP contribution in [0.3, 0.4) is 0 Å². The predicted octanol–water partition coefficient (Wildman–Crippen LogP) is 5.01. The van der Waals surface area contributed by atoms with E-state index in [1.54, 1.807) is 31.4 Å². The van der Waals surface area contributed by atoms with Crippen LogP contribution < -0.4 is 9.47 Å². The van der Waals surface area contributed by atoms with Gasteiger partial charge >= 0.3 is 5.97 Å². The molecular formula is C27H24N2O4. The smallest absolute Gasteiger partial charge is 0.308 e. The van der Waals surface area contributed by atoms with Crippen LogP contribution in [0.4, 0.5) is 0 Å². The molecular weight excluding hydrogens is 416 g/mol. The van der Waals surface area contributed by atoms with Gasteiger partial charge in [-0.15, -0.1) is 0 Å². The quantitative estimate of drug-likeness (QED) is 0.307. The number of hydrogen-bond acceptors (Lipinski definition) is 5. The molecule has 0 N–H and O–H groups in total. The molecule has 0 aromatic heterocycles. The Morgan fingerprint density at radius 1 is 1.00 bits per heavy atom. The molecule has 1 aliphatic heterocycles. The van der Waals surface area contributed by atoms with Crippen LogP contribution in [0.25, 0.3) is 6.08 Å². The van der Waals surface area contributed by atoms with E-state index in [9.17, 15) is 9.59 Å². The minimum absolute atomic E-state index is 0.231. The Morgan fingerprint density at radius 2 is 1.70 bits per heavy atom. The molecule has 1 aliphatic rings. The fraction of sp³-hybridized carbons (Fsp3) is 0.148. The molecule has 0 aliphatic carbocycles. The maximum atomic E-state index is 13.2. The van der Waals surface area contributed by atoms with E-state index in [0.717, 1.165) is 11.1 Å². The second-order valence-corrected chi connectivity index (χ2v) is 7.56. The molecule has 0 unspecified atom stereocenters. The number of hydrogen-bond donors (Lipinski definition) is 0. The molecule has 0 fully saturated rings. The van der Waals surface area contributed by atoms with Crippen LogP contribution in [0, 0.1) is 0 Å². The second kappa shape index (κ2) is 9.96. The maximum absolute atomic E-state index is 13.2. The lowest BCUT2D eigenvalue weighted by atomic mass is 9.98. The normalized spacial score (nSPS) is 15.4. The number of methoxy groups -OCH3 is 1. The molecule has 6 nitrogen and oxygen atoms in total. The third kappa shape index (κ3) is 5.18. The summed E-state index contributed by atoms with van der Waals surface area (Å²) in [6.07, 6.45) is 3.78. The number of carbonyl (C=O) groups excluding carboxylic acids is 2. The van der Waals surface area contributed by atoms with Crippen molar-refractivity contribution in [2.45, 2.75) is 19.4 Å². The molecule has 3 aromatic carbocycles. The minimum atomic E-state index is -0.443. The van der Waals surface area contributed by atoms with Crippen molar-refractivity contribution in [1.82, 2.24) is 5.01 Å². The van der Waals surface area contributed by atoms with Gasteiger partial charge in [-0.25, -0.2) is 5.01 Å². The molecule has 1 amide bonds. The summed E-state index contributed by atoms with van der Waals surface area (Å²) in [4.78, 5) is 24.9. The Hall–Kier alpha value is -4.19. The van der Waals surface area contributed by atoms with E-state index < -0.39 is 5.97 Å². The Kier molecular flexibility index (Phi) is 6.64. The van der Waals surface area contributed by atoms with Crippen molar-refractivity contribution in [3.8, 4) is 11.5 Å². The SMILES string of the molecule is COc1ccc(C2=NN(C(=O)/C=C/c3ccccc3)[C@H](c3ccccc3)C2)c(OC(C)=O)c1. The third-order valence-corrected chi connectivity index (χ3v) is 5.29. The van der Waals surface area contributed by atoms with Crippen LogP contribution in [0.15, 0.2) is 90.0 Å². The summed E-state index contributed by atoms with van der Waals surface area (Å²) in [6, 6.07) is 24.3. The zero-order chi connectivity index (χ0) is 23.2. The first-order valence-electron chi connectivity index (χ1n) is 10.6. The Labute approximate surface area is 192 Å². The van der Waals surface area contributed by atoms with Gasteiger partial charge in [-0.3, -0.25) is 9.59 Å². The Balaban J connectivity index is 1.70. The van der Waals surface area contributed by atoms with Gasteiger partial charge in [0.05, 0.1) is 18.9 Å². The number of ether oxygens (including phenoxy) is 2. The van der Waals surface area contributed by atoms with E-state index in [-0.39, 0.29) is 11.9 Å². The van der Waals surface area contributed by atoms with Crippen molar-refractivity contribution < 1.29 is 19.1 Å². The van der Waals surface area contributed by atoms with Crippen molar-refractivity contribution in [2.75, 3.05) is 7.11 Å². The number of carbonyl (C=O) groups is 2. The summed E-state index contributed by atoms with van der Waals surface area (Å²) >= 11 is 0. The lowest BCUT2D eigenvalue weighted by Crippen LogP contribution is -2.25. The molecule has 3 aromatic rings. The fourth-order valence-electron chi connectivity index (χ4n) is 3.73. The van der Waals surface area contributed by atoms with E-state index in [4.69, 9.17) is 9.47 Å². The summed E-state index contributed by atoms with van der Waals surface area (Å²) in [7, 11) is 1.55. The Morgan fingerprint density at radius 3 is 2.36 bits per heavy atom. The first-order valence-corrected chi connectivity index (χ1v) is 10.6. The van der Waals surface area contributed by atoms with E-state index in [0.29, 0.717) is 29.2 Å². The number of hydrazone groups is 1. The summed E-state index contributed by atoms with van der Waals surface area (Å²) in [5.74, 6) is 0.236. The van der Waals surface area contributed by atoms with E-state index >= 15 is 0 Å². The van der Waals surface area contributed by atoms with Crippen molar-refractivity contribution in [3.05, 3.63) is 102 Å². The average Bonchev–Trinajstić information content (AvgIpc) is 3.28. The fourth-order valence-corrected chi connectivity index (χ4v) is 3.73. The number of benzene rings is 3. The van der Waals surface area contributed by atoms with Gasteiger partial charge in [0.15, 0.2) is 0 Å². The molecule has 0 saturated carbocycles. The molecule has 4 rings (SSSR count). The monoisotopic (exact) mass is 440 g/mol. The van der Waals surface area contributed by atoms with E-state index in [1.807, 2.05) is 60.7 Å². The van der Waals surface area contributed by atoms with Gasteiger partial charge in [0.25, 0.3) is 5.91 Å². The summed E-state index contributed by atoms with van der Waals surface area (Å²) in [5.41, 5.74) is 3.21. The predicted molar refractivity (Wildman–Crippen MR) is 127 cm³/mol. The number of esters is 1. The van der Waals surface area contributed by atoms with E-state index in [1.165, 1.54) is 18.0 Å². The van der Waals surface area contributed by atoms with Crippen molar-refractivity contribution in [3.63, 3.8) is 0 Å². The molecule has 166 valence electrons. The standard InChI is InChI=1S/C27H24N2O4/c1-19(30)33-26-17-22(32-2)14-15-23(26)24-18-25(21-11-7-4-8-12-21)29(28-24)27(31)16-13-20-9-5-3-6-10-20/h3-17,25H,18H2,1-2H3/b16-13+/t25-/m0/s1. The van der Waals surface area contributed by atoms with Gasteiger partial charge in [0.1, 0.15) is 11.5 Å². The van der Waals surface area contributed by atoms with Gasteiger partial charge in [-0.05, 0) is 29.3 Å². The Bertz CT molecular complexity index is 1200. The lowest BCUT2D eigenvalue weighted by molar-refractivity contribution is -0.132. The highest BCUT2D eigenvalue weighted by molar-refractivity contribution is 6.06. The molecule has 0 bridgehead atoms. The van der Waals surface area contributed by atoms with Crippen LogP contribution in [-0.4, -0.2) is 29.7 Å². The third-order valence-electron chi connectivity index (χ3n) is 5.29. The number of rotatable bonds is 6. The summed E-state index contributed by atoms with van der Waals surface area (Å²) in [5, 5.41) is 6.16. The maximum Gasteiger partial charge on any atom is 0.308 e. The van der Waals surface area contributed by atoms with Crippen LogP contribution >= 0.6 is 0 Å². The zero-order valence-electron chi connectivity index (χ0n) is 18.5. The van der Waals surface area contributed by atoms with Gasteiger partial charge in [0.2, 0.25) is 0 Å². The minimum Gasteiger partial charge on any atom is -0.497 e. The highest BCUT2D eigenvalue weighted by atomic mass is 16.5. The van der Waals surface area contributed by atoms with Crippen LogP contribution in [-0.2, 0) is 9.59 Å². The van der Waals surface area contributed by atoms with Crippen LogP contribution in [0.1, 0.15) is 36.1 Å². The second-order valence-electron chi connectivity index (χ2n) is 7.56. The van der Waals surface area contributed by atoms with Gasteiger partial charge in [-0.1, -0.05) is 60.7 Å². The van der Waals surface area contributed by atoms with E-state index in [2.05, 4.69) is 5.10 Å². The number of amides is 1. The highest BCUT2D eigenvalue weighted by Gasteiger charge is 2.33. The highest BCUT2D eigenvalue weighted by Crippen LogP contribution is 2.36. The molecule has 0 radical (unpaired) electrons. The molecule has 33 heavy (non-hydrogen) atoms. The number of nitrogens with zero attached hydrogens (tertiary/aromatic N) is 2. The first kappa shape index (κ1) is 22.0. The van der Waals surface area contributed by atoms with Crippen LogP contribution in [0.2, 0.25) is 0 Å². The molecule has 0 saturated heterocycles. The zero-order valence-corrected chi connectivity index (χ0v) is 18.5. The average molecular weight is 440 g/mol. The molecule has 1 atom stereocenters. The summed E-state index contributed by atoms with van der Waals surface area (Å²) < 4.78 is 10.7. The molecule has 1 heterocycles. The summed E-state index contributed by atoms with van der Waals surface area (Å²) in [6.45, 7) is 1.34. The topological polar surface area (TPSA) is 68.2 Å². The molecule has 6 heteroatoms. The van der Waals surface area contributed by atoms with Gasteiger partial charge in [0, 0.05) is 31.1 Å².